The maximum absolute atomic E-state index is 11.6. The number of carbonyl (C=O) groups excluding carboxylic acids is 1. The van der Waals surface area contributed by atoms with E-state index in [1.54, 1.807) is 6.07 Å². The Morgan fingerprint density at radius 1 is 1.18 bits per heavy atom. The average molecular weight is 294 g/mol. The summed E-state index contributed by atoms with van der Waals surface area (Å²) in [6.07, 6.45) is 0.523. The lowest BCUT2D eigenvalue weighted by Gasteiger charge is -2.06. The summed E-state index contributed by atoms with van der Waals surface area (Å²) in [5, 5.41) is 1.06. The van der Waals surface area contributed by atoms with Gasteiger partial charge in [0, 0.05) is 11.8 Å². The van der Waals surface area contributed by atoms with Gasteiger partial charge in [-0.3, -0.25) is 0 Å². The van der Waals surface area contributed by atoms with E-state index in [1.807, 2.05) is 42.5 Å². The van der Waals surface area contributed by atoms with Gasteiger partial charge in [-0.15, -0.1) is 0 Å². The molecule has 1 aromatic heterocycles. The molecule has 1 atom stereocenters. The van der Waals surface area contributed by atoms with E-state index >= 15 is 0 Å². The molecular formula is C18H14O4. The summed E-state index contributed by atoms with van der Waals surface area (Å²) in [6, 6.07) is 15.2. The molecule has 0 aliphatic carbocycles. The second-order valence-corrected chi connectivity index (χ2v) is 5.31. The number of benzene rings is 2. The van der Waals surface area contributed by atoms with Gasteiger partial charge in [0.2, 0.25) is 0 Å². The van der Waals surface area contributed by atoms with Crippen LogP contribution in [0.2, 0.25) is 0 Å². The van der Waals surface area contributed by atoms with Crippen LogP contribution in [0, 0.1) is 0 Å². The van der Waals surface area contributed by atoms with Crippen LogP contribution in [0.3, 0.4) is 0 Å². The minimum absolute atomic E-state index is 0.157. The van der Waals surface area contributed by atoms with Crippen LogP contribution in [0.4, 0.5) is 0 Å². The van der Waals surface area contributed by atoms with Crippen LogP contribution in [0.25, 0.3) is 11.0 Å². The van der Waals surface area contributed by atoms with Crippen molar-refractivity contribution in [2.75, 3.05) is 7.11 Å². The fourth-order valence-electron chi connectivity index (χ4n) is 2.81. The van der Waals surface area contributed by atoms with E-state index < -0.39 is 0 Å². The third-order valence-corrected chi connectivity index (χ3v) is 3.92. The van der Waals surface area contributed by atoms with Crippen molar-refractivity contribution in [2.45, 2.75) is 12.5 Å². The fourth-order valence-corrected chi connectivity index (χ4v) is 2.81. The van der Waals surface area contributed by atoms with E-state index in [0.29, 0.717) is 12.0 Å². The lowest BCUT2D eigenvalue weighted by molar-refractivity contribution is 0.0600. The zero-order valence-corrected chi connectivity index (χ0v) is 12.0. The Bertz CT molecular complexity index is 829. The second kappa shape index (κ2) is 4.91. The second-order valence-electron chi connectivity index (χ2n) is 5.31. The molecule has 0 fully saturated rings. The molecule has 0 N–H and O–H groups in total. The first-order valence-electron chi connectivity index (χ1n) is 7.11. The van der Waals surface area contributed by atoms with E-state index in [-0.39, 0.29) is 12.1 Å². The molecule has 3 aromatic rings. The minimum Gasteiger partial charge on any atom is -0.482 e. The van der Waals surface area contributed by atoms with Crippen molar-refractivity contribution in [3.63, 3.8) is 0 Å². The Labute approximate surface area is 127 Å². The number of ether oxygens (including phenoxy) is 2. The molecule has 0 spiro atoms. The number of carbonyl (C=O) groups is 1. The van der Waals surface area contributed by atoms with Crippen LogP contribution in [-0.2, 0) is 11.2 Å². The van der Waals surface area contributed by atoms with Crippen molar-refractivity contribution in [1.82, 2.24) is 0 Å². The van der Waals surface area contributed by atoms with Crippen LogP contribution in [-0.4, -0.2) is 13.1 Å². The summed E-state index contributed by atoms with van der Waals surface area (Å²) in [5.41, 5.74) is 2.38. The van der Waals surface area contributed by atoms with E-state index in [4.69, 9.17) is 13.9 Å². The van der Waals surface area contributed by atoms with Crippen LogP contribution >= 0.6 is 0 Å². The van der Waals surface area contributed by atoms with Crippen molar-refractivity contribution < 1.29 is 18.7 Å². The maximum Gasteiger partial charge on any atom is 0.337 e. The van der Waals surface area contributed by atoms with Gasteiger partial charge in [-0.05, 0) is 35.9 Å². The molecular weight excluding hydrogens is 280 g/mol. The summed E-state index contributed by atoms with van der Waals surface area (Å²) >= 11 is 0. The lowest BCUT2D eigenvalue weighted by atomic mass is 10.1. The number of esters is 1. The van der Waals surface area contributed by atoms with Gasteiger partial charge in [0.15, 0.2) is 6.10 Å². The molecule has 1 aliphatic heterocycles. The van der Waals surface area contributed by atoms with Crippen LogP contribution in [0.1, 0.15) is 27.8 Å². The fraction of sp³-hybridized carbons (Fsp3) is 0.167. The number of para-hydroxylation sites is 1. The first-order chi connectivity index (χ1) is 10.7. The highest BCUT2D eigenvalue weighted by Gasteiger charge is 2.28. The topological polar surface area (TPSA) is 48.7 Å². The monoisotopic (exact) mass is 294 g/mol. The predicted molar refractivity (Wildman–Crippen MR) is 81.1 cm³/mol. The number of fused-ring (bicyclic) bond motifs is 2. The Morgan fingerprint density at radius 2 is 2.05 bits per heavy atom. The lowest BCUT2D eigenvalue weighted by Crippen LogP contribution is -2.01. The normalized spacial score (nSPS) is 16.3. The van der Waals surface area contributed by atoms with Crippen molar-refractivity contribution in [2.24, 2.45) is 0 Å². The molecule has 110 valence electrons. The Hall–Kier alpha value is -2.75. The predicted octanol–water partition coefficient (Wildman–Crippen LogP) is 3.90. The van der Waals surface area contributed by atoms with Gasteiger partial charge in [0.25, 0.3) is 0 Å². The number of rotatable bonds is 2. The van der Waals surface area contributed by atoms with Gasteiger partial charge < -0.3 is 13.9 Å². The Morgan fingerprint density at radius 3 is 2.86 bits per heavy atom. The van der Waals surface area contributed by atoms with Gasteiger partial charge >= 0.3 is 5.97 Å². The first-order valence-corrected chi connectivity index (χ1v) is 7.11. The minimum atomic E-state index is -0.338. The van der Waals surface area contributed by atoms with Gasteiger partial charge in [0.05, 0.1) is 12.7 Å². The van der Waals surface area contributed by atoms with Gasteiger partial charge in [0.1, 0.15) is 17.1 Å². The third kappa shape index (κ3) is 2.04. The molecule has 4 heteroatoms. The molecule has 0 amide bonds. The van der Waals surface area contributed by atoms with Crippen LogP contribution in [0.15, 0.2) is 52.9 Å². The number of furan rings is 1. The van der Waals surface area contributed by atoms with Crippen LogP contribution in [0.5, 0.6) is 5.75 Å². The summed E-state index contributed by atoms with van der Waals surface area (Å²) in [7, 11) is 1.38. The van der Waals surface area contributed by atoms with Crippen molar-refractivity contribution >= 4 is 16.9 Å². The Balaban J connectivity index is 1.65. The number of hydrogen-bond acceptors (Lipinski definition) is 4. The molecule has 4 rings (SSSR count). The number of hydrogen-bond donors (Lipinski definition) is 0. The highest BCUT2D eigenvalue weighted by molar-refractivity contribution is 5.89. The van der Waals surface area contributed by atoms with Crippen molar-refractivity contribution in [3.05, 3.63) is 65.4 Å². The highest BCUT2D eigenvalue weighted by Crippen LogP contribution is 2.38. The molecule has 2 aromatic carbocycles. The average Bonchev–Trinajstić information content (AvgIpc) is 3.16. The quantitative estimate of drug-likeness (QED) is 0.673. The molecule has 22 heavy (non-hydrogen) atoms. The van der Waals surface area contributed by atoms with E-state index in [0.717, 1.165) is 28.0 Å². The zero-order chi connectivity index (χ0) is 15.1. The highest BCUT2D eigenvalue weighted by atomic mass is 16.5. The van der Waals surface area contributed by atoms with Crippen molar-refractivity contribution in [1.29, 1.82) is 0 Å². The zero-order valence-electron chi connectivity index (χ0n) is 12.0. The summed E-state index contributed by atoms with van der Waals surface area (Å²) in [5.74, 6) is 1.25. The molecule has 1 aliphatic rings. The van der Waals surface area contributed by atoms with Crippen molar-refractivity contribution in [3.8, 4) is 5.75 Å². The Kier molecular flexibility index (Phi) is 2.89. The van der Waals surface area contributed by atoms with E-state index in [2.05, 4.69) is 0 Å². The van der Waals surface area contributed by atoms with E-state index in [1.165, 1.54) is 7.11 Å². The summed E-state index contributed by atoms with van der Waals surface area (Å²) in [4.78, 5) is 11.6. The first kappa shape index (κ1) is 13.0. The smallest absolute Gasteiger partial charge is 0.337 e. The molecule has 0 radical (unpaired) electrons. The molecule has 1 unspecified atom stereocenters. The molecule has 0 saturated carbocycles. The largest absolute Gasteiger partial charge is 0.482 e. The van der Waals surface area contributed by atoms with E-state index in [9.17, 15) is 4.79 Å². The molecule has 2 heterocycles. The maximum atomic E-state index is 11.6. The third-order valence-electron chi connectivity index (χ3n) is 3.92. The molecule has 0 bridgehead atoms. The summed E-state index contributed by atoms with van der Waals surface area (Å²) in [6.45, 7) is 0. The van der Waals surface area contributed by atoms with Crippen LogP contribution < -0.4 is 4.74 Å². The molecule has 4 nitrogen and oxygen atoms in total. The van der Waals surface area contributed by atoms with Gasteiger partial charge in [-0.1, -0.05) is 18.2 Å². The summed E-state index contributed by atoms with van der Waals surface area (Å²) < 4.78 is 16.6. The standard InChI is InChI=1S/C18H14O4/c1-20-18(19)12-6-7-15-13(8-12)10-17(22-15)16-9-11-4-2-3-5-14(11)21-16/h2-9,17H,10H2,1H3. The molecule has 0 saturated heterocycles. The number of methoxy groups -OCH3 is 1. The van der Waals surface area contributed by atoms with Gasteiger partial charge in [-0.25, -0.2) is 4.79 Å². The van der Waals surface area contributed by atoms with Gasteiger partial charge in [-0.2, -0.15) is 0 Å². The SMILES string of the molecule is COC(=O)c1ccc2c(c1)CC(c1cc3ccccc3o1)O2.